The van der Waals surface area contributed by atoms with Crippen LogP contribution in [0.4, 0.5) is 5.69 Å². The fourth-order valence-corrected chi connectivity index (χ4v) is 2.38. The van der Waals surface area contributed by atoms with Crippen LogP contribution in [0.15, 0.2) is 30.3 Å². The van der Waals surface area contributed by atoms with Crippen molar-refractivity contribution in [1.82, 2.24) is 0 Å². The summed E-state index contributed by atoms with van der Waals surface area (Å²) in [7, 11) is 0. The molecule has 1 amide bonds. The Morgan fingerprint density at radius 1 is 0.950 bits per heavy atom. The van der Waals surface area contributed by atoms with Gasteiger partial charge in [0.25, 0.3) is 5.91 Å². The Balaban J connectivity index is 2.32. The third-order valence-corrected chi connectivity index (χ3v) is 3.93. The molecule has 0 unspecified atom stereocenters. The van der Waals surface area contributed by atoms with Gasteiger partial charge in [0.15, 0.2) is 0 Å². The molecular formula is C15H12Cl3NO. The fraction of sp³-hybridized carbons (Fsp3) is 0.133. The molecule has 0 bridgehead atoms. The number of hydrogen-bond donors (Lipinski definition) is 1. The number of nitrogens with one attached hydrogen (secondary N) is 1. The van der Waals surface area contributed by atoms with Crippen molar-refractivity contribution in [3.63, 3.8) is 0 Å². The number of carbonyl (C=O) groups excluding carboxylic acids is 1. The predicted octanol–water partition coefficient (Wildman–Crippen LogP) is 5.52. The molecule has 104 valence electrons. The summed E-state index contributed by atoms with van der Waals surface area (Å²) in [4.78, 5) is 12.3. The van der Waals surface area contributed by atoms with E-state index in [1.807, 2.05) is 32.0 Å². The summed E-state index contributed by atoms with van der Waals surface area (Å²) in [5, 5.41) is 3.78. The van der Waals surface area contributed by atoms with Gasteiger partial charge < -0.3 is 5.32 Å². The molecular weight excluding hydrogens is 317 g/mol. The van der Waals surface area contributed by atoms with Gasteiger partial charge in [0, 0.05) is 5.56 Å². The van der Waals surface area contributed by atoms with Crippen LogP contribution >= 0.6 is 34.8 Å². The SMILES string of the molecule is Cc1ccc(C)c(C(=O)Nc2cc(Cl)c(Cl)cc2Cl)c1. The Bertz CT molecular complexity index is 683. The molecule has 0 aliphatic carbocycles. The minimum absolute atomic E-state index is 0.230. The average molecular weight is 329 g/mol. The first-order valence-corrected chi connectivity index (χ1v) is 7.05. The van der Waals surface area contributed by atoms with Crippen LogP contribution in [0.5, 0.6) is 0 Å². The van der Waals surface area contributed by atoms with E-state index in [2.05, 4.69) is 5.32 Å². The molecule has 0 aromatic heterocycles. The standard InChI is InChI=1S/C15H12Cl3NO/c1-8-3-4-9(2)10(5-8)15(20)19-14-7-12(17)11(16)6-13(14)18/h3-7H,1-2H3,(H,19,20). The molecule has 2 aromatic carbocycles. The monoisotopic (exact) mass is 327 g/mol. The summed E-state index contributed by atoms with van der Waals surface area (Å²) in [5.74, 6) is -0.230. The molecule has 0 spiro atoms. The Morgan fingerprint density at radius 2 is 1.60 bits per heavy atom. The van der Waals surface area contributed by atoms with Crippen LogP contribution in [0.2, 0.25) is 15.1 Å². The van der Waals surface area contributed by atoms with Crippen molar-refractivity contribution in [3.8, 4) is 0 Å². The molecule has 1 N–H and O–H groups in total. The van der Waals surface area contributed by atoms with Gasteiger partial charge in [-0.15, -0.1) is 0 Å². The summed E-state index contributed by atoms with van der Waals surface area (Å²) in [5.41, 5.74) is 2.95. The summed E-state index contributed by atoms with van der Waals surface area (Å²) in [6.07, 6.45) is 0. The van der Waals surface area contributed by atoms with Gasteiger partial charge in [-0.05, 0) is 37.6 Å². The van der Waals surface area contributed by atoms with E-state index >= 15 is 0 Å². The lowest BCUT2D eigenvalue weighted by Crippen LogP contribution is -2.14. The number of benzene rings is 2. The molecule has 0 atom stereocenters. The minimum atomic E-state index is -0.230. The Kier molecular flexibility index (Phi) is 4.59. The number of aryl methyl sites for hydroxylation is 2. The third-order valence-electron chi connectivity index (χ3n) is 2.90. The van der Waals surface area contributed by atoms with Gasteiger partial charge in [0.1, 0.15) is 0 Å². The van der Waals surface area contributed by atoms with Gasteiger partial charge in [0.05, 0.1) is 20.8 Å². The largest absolute Gasteiger partial charge is 0.321 e. The number of hydrogen-bond acceptors (Lipinski definition) is 1. The lowest BCUT2D eigenvalue weighted by molar-refractivity contribution is 0.102. The van der Waals surface area contributed by atoms with Crippen molar-refractivity contribution in [1.29, 1.82) is 0 Å². The van der Waals surface area contributed by atoms with Crippen LogP contribution in [0.25, 0.3) is 0 Å². The smallest absolute Gasteiger partial charge is 0.255 e. The quantitative estimate of drug-likeness (QED) is 0.723. The zero-order chi connectivity index (χ0) is 14.9. The van der Waals surface area contributed by atoms with Crippen LogP contribution in [0, 0.1) is 13.8 Å². The maximum Gasteiger partial charge on any atom is 0.255 e. The van der Waals surface area contributed by atoms with Gasteiger partial charge in [-0.3, -0.25) is 4.79 Å². The van der Waals surface area contributed by atoms with Crippen LogP contribution < -0.4 is 5.32 Å². The highest BCUT2D eigenvalue weighted by molar-refractivity contribution is 6.44. The maximum absolute atomic E-state index is 12.3. The molecule has 20 heavy (non-hydrogen) atoms. The molecule has 5 heteroatoms. The number of carbonyl (C=O) groups is 1. The second kappa shape index (κ2) is 6.04. The van der Waals surface area contributed by atoms with E-state index in [9.17, 15) is 4.79 Å². The highest BCUT2D eigenvalue weighted by Crippen LogP contribution is 2.32. The van der Waals surface area contributed by atoms with Crippen molar-refractivity contribution in [2.75, 3.05) is 5.32 Å². The Hall–Kier alpha value is -1.22. The molecule has 0 saturated carbocycles. The highest BCUT2D eigenvalue weighted by atomic mass is 35.5. The summed E-state index contributed by atoms with van der Waals surface area (Å²) >= 11 is 17.8. The van der Waals surface area contributed by atoms with E-state index in [1.165, 1.54) is 12.1 Å². The molecule has 2 nitrogen and oxygen atoms in total. The van der Waals surface area contributed by atoms with Crippen molar-refractivity contribution in [2.45, 2.75) is 13.8 Å². The molecule has 0 heterocycles. The van der Waals surface area contributed by atoms with E-state index in [-0.39, 0.29) is 5.91 Å². The van der Waals surface area contributed by atoms with Gasteiger partial charge in [-0.2, -0.15) is 0 Å². The van der Waals surface area contributed by atoms with Crippen molar-refractivity contribution in [2.24, 2.45) is 0 Å². The minimum Gasteiger partial charge on any atom is -0.321 e. The van der Waals surface area contributed by atoms with Gasteiger partial charge in [0.2, 0.25) is 0 Å². The lowest BCUT2D eigenvalue weighted by atomic mass is 10.1. The van der Waals surface area contributed by atoms with E-state index in [0.717, 1.165) is 11.1 Å². The molecule has 0 saturated heterocycles. The third kappa shape index (κ3) is 3.26. The molecule has 0 aliphatic heterocycles. The molecule has 0 radical (unpaired) electrons. The first-order chi connectivity index (χ1) is 9.38. The number of amides is 1. The maximum atomic E-state index is 12.3. The normalized spacial score (nSPS) is 10.4. The second-order valence-electron chi connectivity index (χ2n) is 4.52. The molecule has 0 aliphatic rings. The van der Waals surface area contributed by atoms with Crippen LogP contribution in [-0.4, -0.2) is 5.91 Å². The zero-order valence-electron chi connectivity index (χ0n) is 10.9. The topological polar surface area (TPSA) is 29.1 Å². The number of rotatable bonds is 2. The molecule has 2 aromatic rings. The lowest BCUT2D eigenvalue weighted by Gasteiger charge is -2.11. The summed E-state index contributed by atoms with van der Waals surface area (Å²) in [6.45, 7) is 3.81. The number of anilines is 1. The van der Waals surface area contributed by atoms with Crippen LogP contribution in [0.1, 0.15) is 21.5 Å². The van der Waals surface area contributed by atoms with E-state index in [1.54, 1.807) is 0 Å². The predicted molar refractivity (Wildman–Crippen MR) is 85.3 cm³/mol. The van der Waals surface area contributed by atoms with Crippen LogP contribution in [0.3, 0.4) is 0 Å². The van der Waals surface area contributed by atoms with Crippen molar-refractivity contribution in [3.05, 3.63) is 62.1 Å². The Morgan fingerprint density at radius 3 is 2.30 bits per heavy atom. The van der Waals surface area contributed by atoms with Crippen molar-refractivity contribution < 1.29 is 4.79 Å². The second-order valence-corrected chi connectivity index (χ2v) is 5.74. The van der Waals surface area contributed by atoms with E-state index in [0.29, 0.717) is 26.3 Å². The van der Waals surface area contributed by atoms with E-state index < -0.39 is 0 Å². The fourth-order valence-electron chi connectivity index (χ4n) is 1.79. The van der Waals surface area contributed by atoms with Gasteiger partial charge in [-0.25, -0.2) is 0 Å². The zero-order valence-corrected chi connectivity index (χ0v) is 13.2. The van der Waals surface area contributed by atoms with E-state index in [4.69, 9.17) is 34.8 Å². The summed E-state index contributed by atoms with van der Waals surface area (Å²) < 4.78 is 0. The molecule has 2 rings (SSSR count). The van der Waals surface area contributed by atoms with Crippen molar-refractivity contribution >= 4 is 46.4 Å². The van der Waals surface area contributed by atoms with Crippen LogP contribution in [-0.2, 0) is 0 Å². The summed E-state index contributed by atoms with van der Waals surface area (Å²) in [6, 6.07) is 8.73. The first kappa shape index (κ1) is 15.2. The van der Waals surface area contributed by atoms with Gasteiger partial charge >= 0.3 is 0 Å². The van der Waals surface area contributed by atoms with Gasteiger partial charge in [-0.1, -0.05) is 52.5 Å². The highest BCUT2D eigenvalue weighted by Gasteiger charge is 2.13. The number of halogens is 3. The first-order valence-electron chi connectivity index (χ1n) is 5.91. The molecule has 0 fully saturated rings. The average Bonchev–Trinajstić information content (AvgIpc) is 2.38. The Labute approximate surface area is 132 Å².